The summed E-state index contributed by atoms with van der Waals surface area (Å²) in [7, 11) is 0. The van der Waals surface area contributed by atoms with Crippen molar-refractivity contribution in [2.24, 2.45) is 0 Å². The van der Waals surface area contributed by atoms with E-state index in [1.165, 1.54) is 6.33 Å². The van der Waals surface area contributed by atoms with Crippen LogP contribution in [0.25, 0.3) is 11.2 Å². The lowest BCUT2D eigenvalue weighted by Gasteiger charge is -2.20. The van der Waals surface area contributed by atoms with Gasteiger partial charge in [0.1, 0.15) is 18.1 Å². The predicted octanol–water partition coefficient (Wildman–Crippen LogP) is 3.58. The number of nitrogens with two attached hydrogens (primary N) is 1. The summed E-state index contributed by atoms with van der Waals surface area (Å²) in [6, 6.07) is 10.1. The summed E-state index contributed by atoms with van der Waals surface area (Å²) in [5.41, 5.74) is 8.19. The van der Waals surface area contributed by atoms with E-state index in [-0.39, 0.29) is 12.3 Å². The first-order valence-electron chi connectivity index (χ1n) is 8.85. The minimum Gasteiger partial charge on any atom is -0.382 e. The maximum absolute atomic E-state index is 5.98. The number of anilines is 1. The number of hydrogen-bond acceptors (Lipinski definition) is 6. The Bertz CT molecular complexity index is 791. The SMILES string of the molecule is CC.CC(COCc1ccccc1)OC(C)n1cnc2c(N)ncnc21. The molecular weight excluding hydrogens is 330 g/mol. The van der Waals surface area contributed by atoms with Crippen LogP contribution in [0.5, 0.6) is 0 Å². The van der Waals surface area contributed by atoms with Crippen LogP contribution in [0.3, 0.4) is 0 Å². The summed E-state index contributed by atoms with van der Waals surface area (Å²) in [4.78, 5) is 12.4. The molecule has 7 nitrogen and oxygen atoms in total. The summed E-state index contributed by atoms with van der Waals surface area (Å²) < 4.78 is 13.5. The van der Waals surface area contributed by atoms with Crippen molar-refractivity contribution >= 4 is 17.0 Å². The zero-order valence-corrected chi connectivity index (χ0v) is 15.8. The molecule has 7 heteroatoms. The van der Waals surface area contributed by atoms with Crippen LogP contribution in [0, 0.1) is 0 Å². The molecule has 0 aliphatic carbocycles. The van der Waals surface area contributed by atoms with Crippen molar-refractivity contribution in [1.29, 1.82) is 0 Å². The van der Waals surface area contributed by atoms with Crippen LogP contribution in [-0.2, 0) is 16.1 Å². The third-order valence-corrected chi connectivity index (χ3v) is 3.67. The van der Waals surface area contributed by atoms with Crippen molar-refractivity contribution in [1.82, 2.24) is 19.5 Å². The van der Waals surface area contributed by atoms with E-state index in [1.54, 1.807) is 6.33 Å². The average molecular weight is 357 g/mol. The fourth-order valence-corrected chi connectivity index (χ4v) is 2.49. The first-order valence-corrected chi connectivity index (χ1v) is 8.85. The Labute approximate surface area is 154 Å². The van der Waals surface area contributed by atoms with E-state index < -0.39 is 0 Å². The highest BCUT2D eigenvalue weighted by Crippen LogP contribution is 2.20. The highest BCUT2D eigenvalue weighted by atomic mass is 16.5. The Morgan fingerprint density at radius 1 is 1.08 bits per heavy atom. The molecule has 2 atom stereocenters. The molecule has 0 aliphatic heterocycles. The van der Waals surface area contributed by atoms with E-state index in [0.717, 1.165) is 5.56 Å². The molecule has 140 valence electrons. The van der Waals surface area contributed by atoms with Gasteiger partial charge in [-0.15, -0.1) is 0 Å². The van der Waals surface area contributed by atoms with Crippen molar-refractivity contribution in [3.05, 3.63) is 48.5 Å². The van der Waals surface area contributed by atoms with E-state index >= 15 is 0 Å². The fraction of sp³-hybridized carbons (Fsp3) is 0.421. The molecule has 0 aliphatic rings. The summed E-state index contributed by atoms with van der Waals surface area (Å²) in [6.07, 6.45) is 2.78. The standard InChI is InChI=1S/C17H21N5O2.C2H6/c1-12(8-23-9-14-6-4-3-5-7-14)24-13(2)22-11-21-15-16(18)19-10-20-17(15)22;1-2/h3-7,10-13H,8-9H2,1-2H3,(H2,18,19,20);1-2H3. The van der Waals surface area contributed by atoms with E-state index in [1.807, 2.05) is 62.6 Å². The number of hydrogen-bond donors (Lipinski definition) is 1. The number of imidazole rings is 1. The summed E-state index contributed by atoms with van der Waals surface area (Å²) in [5, 5.41) is 0. The molecule has 2 unspecified atom stereocenters. The summed E-state index contributed by atoms with van der Waals surface area (Å²) in [5.74, 6) is 0.366. The van der Waals surface area contributed by atoms with Gasteiger partial charge in [0.2, 0.25) is 0 Å². The number of nitrogens with zero attached hydrogens (tertiary/aromatic N) is 4. The molecular formula is C19H27N5O2. The number of fused-ring (bicyclic) bond motifs is 1. The molecule has 0 amide bonds. The Morgan fingerprint density at radius 2 is 1.81 bits per heavy atom. The van der Waals surface area contributed by atoms with Crippen molar-refractivity contribution in [2.45, 2.75) is 46.6 Å². The number of rotatable bonds is 7. The van der Waals surface area contributed by atoms with E-state index in [4.69, 9.17) is 15.2 Å². The van der Waals surface area contributed by atoms with Gasteiger partial charge in [-0.05, 0) is 19.4 Å². The number of aromatic nitrogens is 4. The molecule has 26 heavy (non-hydrogen) atoms. The van der Waals surface area contributed by atoms with Crippen LogP contribution in [0.4, 0.5) is 5.82 Å². The second-order valence-corrected chi connectivity index (χ2v) is 5.63. The number of benzene rings is 1. The van der Waals surface area contributed by atoms with Crippen LogP contribution < -0.4 is 5.73 Å². The average Bonchev–Trinajstić information content (AvgIpc) is 3.10. The second-order valence-electron chi connectivity index (χ2n) is 5.63. The molecule has 2 aromatic heterocycles. The minimum absolute atomic E-state index is 0.0691. The van der Waals surface area contributed by atoms with Crippen LogP contribution in [0.2, 0.25) is 0 Å². The third kappa shape index (κ3) is 5.00. The summed E-state index contributed by atoms with van der Waals surface area (Å²) >= 11 is 0. The van der Waals surface area contributed by atoms with Gasteiger partial charge in [-0.2, -0.15) is 0 Å². The van der Waals surface area contributed by atoms with Gasteiger partial charge in [0.25, 0.3) is 0 Å². The minimum atomic E-state index is -0.236. The van der Waals surface area contributed by atoms with Gasteiger partial charge in [-0.25, -0.2) is 15.0 Å². The van der Waals surface area contributed by atoms with E-state index in [9.17, 15) is 0 Å². The van der Waals surface area contributed by atoms with Gasteiger partial charge in [-0.1, -0.05) is 44.2 Å². The Morgan fingerprint density at radius 3 is 2.54 bits per heavy atom. The Balaban J connectivity index is 0.00000117. The van der Waals surface area contributed by atoms with Crippen molar-refractivity contribution < 1.29 is 9.47 Å². The zero-order valence-electron chi connectivity index (χ0n) is 15.8. The van der Waals surface area contributed by atoms with Crippen molar-refractivity contribution in [3.8, 4) is 0 Å². The maximum atomic E-state index is 5.98. The molecule has 0 fully saturated rings. The first kappa shape index (κ1) is 19.8. The zero-order chi connectivity index (χ0) is 18.9. The molecule has 3 aromatic rings. The van der Waals surface area contributed by atoms with Crippen LogP contribution in [0.1, 0.15) is 39.5 Å². The second kappa shape index (κ2) is 9.84. The largest absolute Gasteiger partial charge is 0.382 e. The number of ether oxygens (including phenoxy) is 2. The molecule has 0 radical (unpaired) electrons. The Kier molecular flexibility index (Phi) is 7.50. The lowest BCUT2D eigenvalue weighted by Crippen LogP contribution is -2.21. The molecule has 1 aromatic carbocycles. The maximum Gasteiger partial charge on any atom is 0.167 e. The quantitative estimate of drug-likeness (QED) is 0.695. The van der Waals surface area contributed by atoms with Gasteiger partial charge in [-0.3, -0.25) is 4.57 Å². The van der Waals surface area contributed by atoms with Crippen molar-refractivity contribution in [3.63, 3.8) is 0 Å². The van der Waals surface area contributed by atoms with Gasteiger partial charge in [0.15, 0.2) is 11.5 Å². The topological polar surface area (TPSA) is 88.1 Å². The molecule has 0 saturated carbocycles. The lowest BCUT2D eigenvalue weighted by molar-refractivity contribution is -0.0723. The third-order valence-electron chi connectivity index (χ3n) is 3.67. The fourth-order valence-electron chi connectivity index (χ4n) is 2.49. The molecule has 0 spiro atoms. The molecule has 3 rings (SSSR count). The highest BCUT2D eigenvalue weighted by Gasteiger charge is 2.15. The van der Waals surface area contributed by atoms with Crippen LogP contribution in [0.15, 0.2) is 43.0 Å². The smallest absolute Gasteiger partial charge is 0.167 e. The Hall–Kier alpha value is -2.51. The number of nitrogen functional groups attached to an aromatic ring is 1. The first-order chi connectivity index (χ1) is 12.6. The molecule has 0 saturated heterocycles. The van der Waals surface area contributed by atoms with Gasteiger partial charge >= 0.3 is 0 Å². The monoisotopic (exact) mass is 357 g/mol. The normalized spacial score (nSPS) is 13.1. The molecule has 2 N–H and O–H groups in total. The highest BCUT2D eigenvalue weighted by molar-refractivity contribution is 5.81. The van der Waals surface area contributed by atoms with Gasteiger partial charge in [0.05, 0.1) is 25.6 Å². The summed E-state index contributed by atoms with van der Waals surface area (Å²) in [6.45, 7) is 8.99. The van der Waals surface area contributed by atoms with Crippen molar-refractivity contribution in [2.75, 3.05) is 12.3 Å². The van der Waals surface area contributed by atoms with Crippen LogP contribution >= 0.6 is 0 Å². The predicted molar refractivity (Wildman–Crippen MR) is 102 cm³/mol. The molecule has 0 bridgehead atoms. The van der Waals surface area contributed by atoms with Crippen LogP contribution in [-0.4, -0.2) is 32.2 Å². The lowest BCUT2D eigenvalue weighted by atomic mass is 10.2. The van der Waals surface area contributed by atoms with E-state index in [0.29, 0.717) is 30.2 Å². The van der Waals surface area contributed by atoms with E-state index in [2.05, 4.69) is 15.0 Å². The van der Waals surface area contributed by atoms with Gasteiger partial charge < -0.3 is 15.2 Å². The molecule has 2 heterocycles. The van der Waals surface area contributed by atoms with Gasteiger partial charge in [0, 0.05) is 0 Å².